The normalized spacial score (nSPS) is 14.9. The molecule has 2 aromatic heterocycles. The van der Waals surface area contributed by atoms with E-state index in [1.54, 1.807) is 50.3 Å². The topological polar surface area (TPSA) is 115 Å². The second kappa shape index (κ2) is 13.1. The summed E-state index contributed by atoms with van der Waals surface area (Å²) in [4.78, 5) is 33.5. The number of hydrogen-bond donors (Lipinski definition) is 1. The Morgan fingerprint density at radius 1 is 1.16 bits per heavy atom. The monoisotopic (exact) mass is 674 g/mol. The van der Waals surface area contributed by atoms with Gasteiger partial charge in [0.05, 0.1) is 34.3 Å². The van der Waals surface area contributed by atoms with Gasteiger partial charge >= 0.3 is 0 Å². The number of benzene rings is 2. The van der Waals surface area contributed by atoms with E-state index in [1.807, 2.05) is 6.07 Å². The van der Waals surface area contributed by atoms with E-state index >= 15 is 0 Å². The molecule has 0 fully saturated rings. The van der Waals surface area contributed by atoms with Gasteiger partial charge < -0.3 is 14.6 Å². The number of carbonyl (C=O) groups is 2. The first kappa shape index (κ1) is 31.0. The van der Waals surface area contributed by atoms with E-state index in [4.69, 9.17) is 32.7 Å². The van der Waals surface area contributed by atoms with Crippen LogP contribution < -0.4 is 14.4 Å². The third-order valence-corrected chi connectivity index (χ3v) is 10.2. The van der Waals surface area contributed by atoms with Crippen molar-refractivity contribution in [1.29, 1.82) is 0 Å². The number of thiazole rings is 1. The average molecular weight is 676 g/mol. The Hall–Kier alpha value is -3.42. The summed E-state index contributed by atoms with van der Waals surface area (Å²) >= 11 is 16.1. The standard InChI is InChI=1S/C29H24Cl2N4O5S3/c1-5-10-40-20-9-7-16(11-21(20)39-4)23-22(24(36)26-14(2)32-15(3)42-26)25(37)27(38)35(23)28-33-34-29(43-28)41-13-17-6-8-18(30)12-19(17)31/h5-9,11-12,23,37H,1,10,13H2,2-4H3. The molecular formula is C29H24Cl2N4O5S3. The summed E-state index contributed by atoms with van der Waals surface area (Å²) in [6.07, 6.45) is 1.60. The second-order valence-corrected chi connectivity index (χ2v) is 13.4. The lowest BCUT2D eigenvalue weighted by atomic mass is 9.95. The number of rotatable bonds is 11. The zero-order valence-corrected chi connectivity index (χ0v) is 27.1. The van der Waals surface area contributed by atoms with Gasteiger partial charge in [0.15, 0.2) is 21.6 Å². The molecule has 1 unspecified atom stereocenters. The molecule has 0 radical (unpaired) electrons. The van der Waals surface area contributed by atoms with Gasteiger partial charge in [-0.2, -0.15) is 0 Å². The molecule has 1 N–H and O–H groups in total. The van der Waals surface area contributed by atoms with Crippen molar-refractivity contribution in [2.45, 2.75) is 30.0 Å². The van der Waals surface area contributed by atoms with Crippen LogP contribution in [0.5, 0.6) is 11.5 Å². The van der Waals surface area contributed by atoms with Crippen molar-refractivity contribution in [2.24, 2.45) is 0 Å². The smallest absolute Gasteiger partial charge is 0.296 e. The van der Waals surface area contributed by atoms with Crippen LogP contribution in [0.15, 0.2) is 64.7 Å². The lowest BCUT2D eigenvalue weighted by Gasteiger charge is -2.24. The molecule has 1 amide bonds. The number of halogens is 2. The number of Topliss-reactive ketones (excluding diaryl/α,β-unsaturated/α-hetero) is 1. The highest BCUT2D eigenvalue weighted by Gasteiger charge is 2.47. The number of methoxy groups -OCH3 is 1. The minimum absolute atomic E-state index is 0.0871. The van der Waals surface area contributed by atoms with E-state index < -0.39 is 23.5 Å². The fraction of sp³-hybridized carbons (Fsp3) is 0.207. The Morgan fingerprint density at radius 2 is 1.95 bits per heavy atom. The number of anilines is 1. The molecule has 222 valence electrons. The molecule has 0 aliphatic carbocycles. The van der Waals surface area contributed by atoms with Crippen molar-refractivity contribution < 1.29 is 24.2 Å². The van der Waals surface area contributed by atoms with Gasteiger partial charge in [0.1, 0.15) is 6.61 Å². The third kappa shape index (κ3) is 6.29. The highest BCUT2D eigenvalue weighted by molar-refractivity contribution is 8.00. The summed E-state index contributed by atoms with van der Waals surface area (Å²) in [6, 6.07) is 9.28. The summed E-state index contributed by atoms with van der Waals surface area (Å²) in [6.45, 7) is 7.43. The first-order chi connectivity index (χ1) is 20.6. The fourth-order valence-corrected chi connectivity index (χ4v) is 7.77. The number of thioether (sulfide) groups is 1. The molecule has 5 rings (SSSR count). The minimum atomic E-state index is -1.03. The molecule has 43 heavy (non-hydrogen) atoms. The predicted octanol–water partition coefficient (Wildman–Crippen LogP) is 7.57. The summed E-state index contributed by atoms with van der Waals surface area (Å²) in [5, 5.41) is 21.7. The Balaban J connectivity index is 1.54. The second-order valence-electron chi connectivity index (χ2n) is 9.20. The molecule has 14 heteroatoms. The largest absolute Gasteiger partial charge is 0.503 e. The first-order valence-corrected chi connectivity index (χ1v) is 16.1. The van der Waals surface area contributed by atoms with Crippen LogP contribution in [0.2, 0.25) is 10.0 Å². The van der Waals surface area contributed by atoms with E-state index in [1.165, 1.54) is 35.1 Å². The van der Waals surface area contributed by atoms with Gasteiger partial charge in [0.2, 0.25) is 10.9 Å². The van der Waals surface area contributed by atoms with E-state index in [0.717, 1.165) is 16.9 Å². The van der Waals surface area contributed by atoms with Crippen molar-refractivity contribution in [3.05, 3.63) is 97.1 Å². The molecule has 1 atom stereocenters. The summed E-state index contributed by atoms with van der Waals surface area (Å²) in [5.41, 5.74) is 1.78. The quantitative estimate of drug-likeness (QED) is 0.0744. The maximum Gasteiger partial charge on any atom is 0.296 e. The van der Waals surface area contributed by atoms with Crippen LogP contribution in [0.4, 0.5) is 5.13 Å². The maximum absolute atomic E-state index is 13.9. The number of nitrogens with zero attached hydrogens (tertiary/aromatic N) is 4. The van der Waals surface area contributed by atoms with Gasteiger partial charge in [-0.05, 0) is 49.2 Å². The van der Waals surface area contributed by atoms with Crippen LogP contribution >= 0.6 is 57.6 Å². The van der Waals surface area contributed by atoms with Crippen molar-refractivity contribution in [3.8, 4) is 11.5 Å². The van der Waals surface area contributed by atoms with Gasteiger partial charge in [-0.15, -0.1) is 21.5 Å². The molecule has 0 saturated carbocycles. The van der Waals surface area contributed by atoms with E-state index in [0.29, 0.717) is 52.8 Å². The molecule has 1 aliphatic rings. The fourth-order valence-electron chi connectivity index (χ4n) is 4.47. The molecule has 0 saturated heterocycles. The number of carbonyl (C=O) groups excluding carboxylic acids is 2. The molecule has 0 bridgehead atoms. The molecule has 1 aliphatic heterocycles. The van der Waals surface area contributed by atoms with Crippen LogP contribution in [0.25, 0.3) is 0 Å². The lowest BCUT2D eigenvalue weighted by molar-refractivity contribution is -0.117. The number of aliphatic hydroxyl groups is 1. The Morgan fingerprint density at radius 3 is 2.63 bits per heavy atom. The van der Waals surface area contributed by atoms with Gasteiger partial charge in [0, 0.05) is 15.8 Å². The van der Waals surface area contributed by atoms with Crippen LogP contribution in [0.3, 0.4) is 0 Å². The number of hydrogen-bond acceptors (Lipinski definition) is 11. The molecule has 0 spiro atoms. The SMILES string of the molecule is C=CCOc1ccc(C2C(C(=O)c3sc(C)nc3C)=C(O)C(=O)N2c2nnc(SCc3ccc(Cl)cc3Cl)s2)cc1OC. The van der Waals surface area contributed by atoms with Crippen LogP contribution in [-0.4, -0.2) is 45.7 Å². The number of ketones is 1. The maximum atomic E-state index is 13.9. The number of amides is 1. The number of aliphatic hydroxyl groups excluding tert-OH is 1. The van der Waals surface area contributed by atoms with Crippen molar-refractivity contribution in [1.82, 2.24) is 15.2 Å². The zero-order valence-electron chi connectivity index (χ0n) is 23.1. The van der Waals surface area contributed by atoms with E-state index in [-0.39, 0.29) is 17.3 Å². The third-order valence-electron chi connectivity index (χ3n) is 6.39. The van der Waals surface area contributed by atoms with Crippen LogP contribution in [0, 0.1) is 13.8 Å². The highest BCUT2D eigenvalue weighted by atomic mass is 35.5. The molecule has 3 heterocycles. The van der Waals surface area contributed by atoms with E-state index in [9.17, 15) is 14.7 Å². The van der Waals surface area contributed by atoms with Crippen molar-refractivity contribution >= 4 is 74.5 Å². The van der Waals surface area contributed by atoms with Gasteiger partial charge in [-0.3, -0.25) is 14.5 Å². The average Bonchev–Trinajstić information content (AvgIpc) is 3.66. The summed E-state index contributed by atoms with van der Waals surface area (Å²) in [5.74, 6) is -0.613. The predicted molar refractivity (Wildman–Crippen MR) is 170 cm³/mol. The molecule has 9 nitrogen and oxygen atoms in total. The van der Waals surface area contributed by atoms with E-state index in [2.05, 4.69) is 21.8 Å². The Bertz CT molecular complexity index is 1770. The van der Waals surface area contributed by atoms with Gasteiger partial charge in [0.25, 0.3) is 5.91 Å². The minimum Gasteiger partial charge on any atom is -0.503 e. The first-order valence-electron chi connectivity index (χ1n) is 12.7. The van der Waals surface area contributed by atoms with Gasteiger partial charge in [-0.25, -0.2) is 4.98 Å². The highest BCUT2D eigenvalue weighted by Crippen LogP contribution is 2.46. The molecular weight excluding hydrogens is 651 g/mol. The number of aryl methyl sites for hydroxylation is 2. The Labute approximate surface area is 269 Å². The number of aromatic nitrogens is 3. The van der Waals surface area contributed by atoms with Crippen molar-refractivity contribution in [3.63, 3.8) is 0 Å². The zero-order chi connectivity index (χ0) is 30.8. The molecule has 2 aromatic carbocycles. The van der Waals surface area contributed by atoms with Crippen LogP contribution in [0.1, 0.15) is 37.5 Å². The summed E-state index contributed by atoms with van der Waals surface area (Å²) in [7, 11) is 1.49. The van der Waals surface area contributed by atoms with Gasteiger partial charge in [-0.1, -0.05) is 71.1 Å². The molecule has 4 aromatic rings. The van der Waals surface area contributed by atoms with Crippen molar-refractivity contribution in [2.75, 3.05) is 18.6 Å². The summed E-state index contributed by atoms with van der Waals surface area (Å²) < 4.78 is 11.8. The lowest BCUT2D eigenvalue weighted by Crippen LogP contribution is -2.31. The Kier molecular flexibility index (Phi) is 9.42. The van der Waals surface area contributed by atoms with Crippen LogP contribution in [-0.2, 0) is 10.5 Å². The number of ether oxygens (including phenoxy) is 2.